The zero-order valence-corrected chi connectivity index (χ0v) is 13.6. The number of rotatable bonds is 2. The monoisotopic (exact) mass is 293 g/mol. The molecule has 3 heterocycles. The largest absolute Gasteiger partial charge is 0.341 e. The van der Waals surface area contributed by atoms with E-state index in [0.29, 0.717) is 11.3 Å². The molecule has 4 nitrogen and oxygen atoms in total. The quantitative estimate of drug-likeness (QED) is 0.844. The third kappa shape index (κ3) is 3.42. The second kappa shape index (κ2) is 6.66. The molecule has 2 atom stereocenters. The Labute approximate surface area is 129 Å². The van der Waals surface area contributed by atoms with Crippen LogP contribution in [0.2, 0.25) is 0 Å². The van der Waals surface area contributed by atoms with Gasteiger partial charge in [0.2, 0.25) is 5.91 Å². The van der Waals surface area contributed by atoms with Crippen LogP contribution in [-0.2, 0) is 4.79 Å². The molecule has 0 bridgehead atoms. The maximum absolute atomic E-state index is 12.7. The summed E-state index contributed by atoms with van der Waals surface area (Å²) in [5, 5.41) is 3.58. The predicted octanol–water partition coefficient (Wildman–Crippen LogP) is 1.85. The van der Waals surface area contributed by atoms with Crippen molar-refractivity contribution < 1.29 is 4.79 Å². The van der Waals surface area contributed by atoms with Gasteiger partial charge < -0.3 is 10.2 Å². The molecule has 0 aromatic rings. The van der Waals surface area contributed by atoms with Crippen molar-refractivity contribution in [3.05, 3.63) is 0 Å². The number of likely N-dealkylation sites (tertiary alicyclic amines) is 2. The fourth-order valence-corrected chi connectivity index (χ4v) is 4.49. The minimum atomic E-state index is 0.0715. The second-order valence-electron chi connectivity index (χ2n) is 7.42. The number of piperidine rings is 3. The Morgan fingerprint density at radius 1 is 1.05 bits per heavy atom. The minimum Gasteiger partial charge on any atom is -0.341 e. The summed E-state index contributed by atoms with van der Waals surface area (Å²) in [6, 6.07) is 0.0715. The van der Waals surface area contributed by atoms with Crippen LogP contribution in [-0.4, -0.2) is 61.0 Å². The normalized spacial score (nSPS) is 33.1. The van der Waals surface area contributed by atoms with E-state index in [0.717, 1.165) is 32.7 Å². The average Bonchev–Trinajstić information content (AvgIpc) is 2.55. The van der Waals surface area contributed by atoms with Gasteiger partial charge in [0.1, 0.15) is 0 Å². The predicted molar refractivity (Wildman–Crippen MR) is 85.2 cm³/mol. The molecule has 3 rings (SSSR count). The van der Waals surface area contributed by atoms with Gasteiger partial charge in [0.15, 0.2) is 0 Å². The molecule has 0 saturated carbocycles. The van der Waals surface area contributed by atoms with Crippen molar-refractivity contribution in [1.29, 1.82) is 0 Å². The van der Waals surface area contributed by atoms with Gasteiger partial charge in [-0.2, -0.15) is 0 Å². The van der Waals surface area contributed by atoms with Crippen molar-refractivity contribution in [3.8, 4) is 0 Å². The zero-order valence-electron chi connectivity index (χ0n) is 13.6. The van der Waals surface area contributed by atoms with Gasteiger partial charge in [-0.05, 0) is 70.4 Å². The van der Waals surface area contributed by atoms with Gasteiger partial charge in [-0.15, -0.1) is 0 Å². The molecule has 1 spiro atoms. The van der Waals surface area contributed by atoms with E-state index in [2.05, 4.69) is 22.0 Å². The number of carbonyl (C=O) groups is 1. The molecule has 3 aliphatic rings. The molecule has 2 unspecified atom stereocenters. The summed E-state index contributed by atoms with van der Waals surface area (Å²) in [4.78, 5) is 17.3. The Kier molecular flexibility index (Phi) is 4.85. The number of hydrogen-bond acceptors (Lipinski definition) is 3. The van der Waals surface area contributed by atoms with Gasteiger partial charge in [0.25, 0.3) is 0 Å². The lowest BCUT2D eigenvalue weighted by Gasteiger charge is -2.47. The summed E-state index contributed by atoms with van der Waals surface area (Å²) >= 11 is 0. The summed E-state index contributed by atoms with van der Waals surface area (Å²) < 4.78 is 0. The lowest BCUT2D eigenvalue weighted by molar-refractivity contribution is -0.138. The van der Waals surface area contributed by atoms with Crippen LogP contribution in [0.1, 0.15) is 51.9 Å². The van der Waals surface area contributed by atoms with E-state index >= 15 is 0 Å². The first-order chi connectivity index (χ1) is 10.2. The van der Waals surface area contributed by atoms with Crippen LogP contribution in [0.5, 0.6) is 0 Å². The zero-order chi connectivity index (χ0) is 14.7. The van der Waals surface area contributed by atoms with Gasteiger partial charge in [0, 0.05) is 26.2 Å². The summed E-state index contributed by atoms with van der Waals surface area (Å²) in [5.74, 6) is 0.371. The number of hydrogen-bond donors (Lipinski definition) is 1. The van der Waals surface area contributed by atoms with Crippen LogP contribution >= 0.6 is 0 Å². The molecular formula is C17H31N3O. The van der Waals surface area contributed by atoms with Gasteiger partial charge in [0.05, 0.1) is 6.04 Å². The highest BCUT2D eigenvalue weighted by Crippen LogP contribution is 2.36. The van der Waals surface area contributed by atoms with E-state index < -0.39 is 0 Å². The van der Waals surface area contributed by atoms with Gasteiger partial charge in [-0.1, -0.05) is 0 Å². The molecule has 3 fully saturated rings. The van der Waals surface area contributed by atoms with Crippen LogP contribution in [0.25, 0.3) is 0 Å². The fourth-order valence-electron chi connectivity index (χ4n) is 4.49. The molecule has 0 aromatic heterocycles. The van der Waals surface area contributed by atoms with Gasteiger partial charge >= 0.3 is 0 Å². The van der Waals surface area contributed by atoms with Crippen LogP contribution in [0.15, 0.2) is 0 Å². The van der Waals surface area contributed by atoms with Crippen LogP contribution in [0, 0.1) is 5.41 Å². The van der Waals surface area contributed by atoms with E-state index in [1.54, 1.807) is 0 Å². The van der Waals surface area contributed by atoms with Crippen molar-refractivity contribution in [2.45, 2.75) is 57.9 Å². The third-order valence-electron chi connectivity index (χ3n) is 5.82. The first kappa shape index (κ1) is 15.3. The Hall–Kier alpha value is -0.610. The van der Waals surface area contributed by atoms with Gasteiger partial charge in [-0.3, -0.25) is 9.69 Å². The molecule has 120 valence electrons. The maximum atomic E-state index is 12.7. The second-order valence-corrected chi connectivity index (χ2v) is 7.42. The molecule has 1 N–H and O–H groups in total. The molecule has 0 aromatic carbocycles. The summed E-state index contributed by atoms with van der Waals surface area (Å²) in [6.07, 6.45) is 8.87. The summed E-state index contributed by atoms with van der Waals surface area (Å²) in [7, 11) is 0. The minimum absolute atomic E-state index is 0.0715. The highest BCUT2D eigenvalue weighted by molar-refractivity contribution is 5.81. The highest BCUT2D eigenvalue weighted by Gasteiger charge is 2.39. The van der Waals surface area contributed by atoms with E-state index in [1.807, 2.05) is 0 Å². The maximum Gasteiger partial charge on any atom is 0.239 e. The fraction of sp³-hybridized carbons (Fsp3) is 0.941. The summed E-state index contributed by atoms with van der Waals surface area (Å²) in [5.41, 5.74) is 0.437. The Bertz CT molecular complexity index is 354. The molecule has 21 heavy (non-hydrogen) atoms. The lowest BCUT2D eigenvalue weighted by Crippen LogP contribution is -2.56. The van der Waals surface area contributed by atoms with E-state index in [1.165, 1.54) is 51.5 Å². The first-order valence-corrected chi connectivity index (χ1v) is 8.94. The Morgan fingerprint density at radius 2 is 1.81 bits per heavy atom. The van der Waals surface area contributed by atoms with Crippen LogP contribution in [0.4, 0.5) is 0 Å². The van der Waals surface area contributed by atoms with Crippen molar-refractivity contribution in [2.75, 3.05) is 39.3 Å². The van der Waals surface area contributed by atoms with Crippen molar-refractivity contribution in [1.82, 2.24) is 15.1 Å². The molecule has 0 aliphatic carbocycles. The average molecular weight is 293 g/mol. The third-order valence-corrected chi connectivity index (χ3v) is 5.82. The van der Waals surface area contributed by atoms with Crippen LogP contribution < -0.4 is 5.32 Å². The Morgan fingerprint density at radius 3 is 2.52 bits per heavy atom. The van der Waals surface area contributed by atoms with Crippen molar-refractivity contribution >= 4 is 5.91 Å². The standard InChI is InChI=1S/C17H31N3O/c1-15(16(21)19-10-3-2-4-11-19)20-12-6-8-17(14-20)7-5-9-18-13-17/h15,18H,2-14H2,1H3. The van der Waals surface area contributed by atoms with Crippen molar-refractivity contribution in [3.63, 3.8) is 0 Å². The topological polar surface area (TPSA) is 35.6 Å². The molecule has 3 aliphatic heterocycles. The molecule has 1 amide bonds. The highest BCUT2D eigenvalue weighted by atomic mass is 16.2. The molecule has 0 radical (unpaired) electrons. The Balaban J connectivity index is 1.60. The number of nitrogens with one attached hydrogen (secondary N) is 1. The summed E-state index contributed by atoms with van der Waals surface area (Å²) in [6.45, 7) is 8.61. The van der Waals surface area contributed by atoms with Gasteiger partial charge in [-0.25, -0.2) is 0 Å². The molecule has 4 heteroatoms. The number of amides is 1. The molecule has 3 saturated heterocycles. The van der Waals surface area contributed by atoms with Crippen molar-refractivity contribution in [2.24, 2.45) is 5.41 Å². The smallest absolute Gasteiger partial charge is 0.239 e. The lowest BCUT2D eigenvalue weighted by atomic mass is 9.74. The van der Waals surface area contributed by atoms with Crippen LogP contribution in [0.3, 0.4) is 0 Å². The van der Waals surface area contributed by atoms with E-state index in [4.69, 9.17) is 0 Å². The van der Waals surface area contributed by atoms with E-state index in [9.17, 15) is 4.79 Å². The first-order valence-electron chi connectivity index (χ1n) is 8.94. The number of nitrogens with zero attached hydrogens (tertiary/aromatic N) is 2. The number of carbonyl (C=O) groups excluding carboxylic acids is 1. The van der Waals surface area contributed by atoms with E-state index in [-0.39, 0.29) is 6.04 Å². The molecular weight excluding hydrogens is 262 g/mol. The SMILES string of the molecule is CC(C(=O)N1CCCCC1)N1CCCC2(CCCNC2)C1.